The van der Waals surface area contributed by atoms with Crippen LogP contribution in [0.3, 0.4) is 0 Å². The van der Waals surface area contributed by atoms with E-state index in [0.29, 0.717) is 0 Å². The van der Waals surface area contributed by atoms with Crippen molar-refractivity contribution in [3.8, 4) is 44.5 Å². The molecule has 0 nitrogen and oxygen atoms in total. The Morgan fingerprint density at radius 1 is 0.262 bits per heavy atom. The summed E-state index contributed by atoms with van der Waals surface area (Å²) in [7, 11) is 0. The van der Waals surface area contributed by atoms with Gasteiger partial charge in [-0.05, 0) is 161 Å². The van der Waals surface area contributed by atoms with Crippen molar-refractivity contribution in [1.29, 1.82) is 0 Å². The molecule has 61 heavy (non-hydrogen) atoms. The van der Waals surface area contributed by atoms with E-state index in [1.165, 1.54) is 131 Å². The summed E-state index contributed by atoms with van der Waals surface area (Å²) in [5.41, 5.74) is 13.0. The lowest BCUT2D eigenvalue weighted by Crippen LogP contribution is -2.15. The van der Waals surface area contributed by atoms with Crippen LogP contribution < -0.4 is 0 Å². The second-order valence-corrected chi connectivity index (χ2v) is 17.5. The fourth-order valence-corrected chi connectivity index (χ4v) is 11.3. The van der Waals surface area contributed by atoms with E-state index < -0.39 is 0 Å². The summed E-state index contributed by atoms with van der Waals surface area (Å²) in [4.78, 5) is 0. The van der Waals surface area contributed by atoms with E-state index in [0.717, 1.165) is 0 Å². The van der Waals surface area contributed by atoms with E-state index in [2.05, 4.69) is 220 Å². The van der Waals surface area contributed by atoms with E-state index in [4.69, 9.17) is 0 Å². The maximum absolute atomic E-state index is 2.48. The van der Waals surface area contributed by atoms with Gasteiger partial charge in [-0.3, -0.25) is 0 Å². The molecule has 1 aliphatic rings. The van der Waals surface area contributed by atoms with Crippen molar-refractivity contribution >= 4 is 75.4 Å². The third kappa shape index (κ3) is 4.88. The molecular weight excluding hydrogens is 733 g/mol. The van der Waals surface area contributed by atoms with E-state index in [9.17, 15) is 0 Å². The van der Waals surface area contributed by atoms with Crippen LogP contribution in [0.5, 0.6) is 0 Å². The summed E-state index contributed by atoms with van der Waals surface area (Å²) in [5.74, 6) is 0. The van der Waals surface area contributed by atoms with E-state index in [1.54, 1.807) is 0 Å². The highest BCUT2D eigenvalue weighted by Crippen LogP contribution is 2.55. The monoisotopic (exact) mass is 772 g/mol. The quantitative estimate of drug-likeness (QED) is 0.124. The summed E-state index contributed by atoms with van der Waals surface area (Å²) in [5, 5.41) is 18.1. The standard InChI is InChI=1S/C61H40/c1-61(2)56-36-42-33-38(30-31-39(42)34-55(56)59-48-24-9-7-21-45(48)46-22-8-14-29-53(46)60(59)61)37-17-15-18-41(32-37)57-49-25-10-12-27-51(49)58(52-28-13-11-26-50(52)57)54-35-40-16-3-4-19-43(40)44-20-5-6-23-47(44)54/h3-36H,1-2H3. The Hall–Kier alpha value is -7.54. The van der Waals surface area contributed by atoms with Crippen LogP contribution in [0.2, 0.25) is 0 Å². The zero-order chi connectivity index (χ0) is 40.4. The zero-order valence-corrected chi connectivity index (χ0v) is 34.1. The van der Waals surface area contributed by atoms with Crippen molar-refractivity contribution in [3.63, 3.8) is 0 Å². The predicted octanol–water partition coefficient (Wildman–Crippen LogP) is 17.1. The molecule has 0 aliphatic heterocycles. The minimum atomic E-state index is -0.147. The summed E-state index contributed by atoms with van der Waals surface area (Å²) in [6.07, 6.45) is 0. The van der Waals surface area contributed by atoms with Gasteiger partial charge >= 0.3 is 0 Å². The SMILES string of the molecule is CC1(C)c2cc3cc(-c4cccc(-c5c6ccccc6c(-c6cc7ccccc7c7ccccc67)c6ccccc56)c4)ccc3cc2-c2c1c1ccccc1c1ccccc21. The van der Waals surface area contributed by atoms with E-state index in [-0.39, 0.29) is 5.41 Å². The Labute approximate surface area is 355 Å². The summed E-state index contributed by atoms with van der Waals surface area (Å²) < 4.78 is 0. The molecule has 0 aromatic heterocycles. The number of fused-ring (bicyclic) bond motifs is 14. The summed E-state index contributed by atoms with van der Waals surface area (Å²) in [6.45, 7) is 4.83. The molecule has 0 amide bonds. The summed E-state index contributed by atoms with van der Waals surface area (Å²) >= 11 is 0. The Morgan fingerprint density at radius 2 is 0.738 bits per heavy atom. The van der Waals surface area contributed by atoms with Gasteiger partial charge in [0.05, 0.1) is 0 Å². The van der Waals surface area contributed by atoms with Gasteiger partial charge in [-0.1, -0.05) is 190 Å². The molecule has 12 aromatic rings. The lowest BCUT2D eigenvalue weighted by atomic mass is 9.79. The first-order valence-electron chi connectivity index (χ1n) is 21.5. The van der Waals surface area contributed by atoms with Gasteiger partial charge in [0.15, 0.2) is 0 Å². The van der Waals surface area contributed by atoms with Crippen LogP contribution in [-0.4, -0.2) is 0 Å². The lowest BCUT2D eigenvalue weighted by Gasteiger charge is -2.24. The lowest BCUT2D eigenvalue weighted by molar-refractivity contribution is 0.667. The smallest absolute Gasteiger partial charge is 0.0165 e. The molecule has 0 heteroatoms. The third-order valence-corrected chi connectivity index (χ3v) is 13.9. The first-order valence-corrected chi connectivity index (χ1v) is 21.5. The molecule has 284 valence electrons. The molecule has 0 saturated heterocycles. The Kier molecular flexibility index (Phi) is 7.17. The number of benzene rings is 12. The van der Waals surface area contributed by atoms with Crippen LogP contribution >= 0.6 is 0 Å². The van der Waals surface area contributed by atoms with Crippen molar-refractivity contribution < 1.29 is 0 Å². The average molecular weight is 773 g/mol. The van der Waals surface area contributed by atoms with Crippen LogP contribution in [-0.2, 0) is 5.41 Å². The molecule has 0 unspecified atom stereocenters. The van der Waals surface area contributed by atoms with Crippen molar-refractivity contribution in [2.75, 3.05) is 0 Å². The van der Waals surface area contributed by atoms with Gasteiger partial charge in [-0.2, -0.15) is 0 Å². The Bertz CT molecular complexity index is 3790. The highest BCUT2D eigenvalue weighted by molar-refractivity contribution is 6.26. The molecule has 0 N–H and O–H groups in total. The molecular formula is C61H40. The summed E-state index contributed by atoms with van der Waals surface area (Å²) in [6, 6.07) is 77.3. The second kappa shape index (κ2) is 12.7. The first-order chi connectivity index (χ1) is 30.0. The minimum absolute atomic E-state index is 0.147. The topological polar surface area (TPSA) is 0 Å². The number of hydrogen-bond donors (Lipinski definition) is 0. The van der Waals surface area contributed by atoms with Crippen molar-refractivity contribution in [2.45, 2.75) is 19.3 Å². The van der Waals surface area contributed by atoms with Gasteiger partial charge in [0.1, 0.15) is 0 Å². The second-order valence-electron chi connectivity index (χ2n) is 17.5. The molecule has 12 aromatic carbocycles. The van der Waals surface area contributed by atoms with Crippen molar-refractivity contribution in [2.24, 2.45) is 0 Å². The van der Waals surface area contributed by atoms with Crippen molar-refractivity contribution in [3.05, 3.63) is 217 Å². The van der Waals surface area contributed by atoms with Gasteiger partial charge in [0, 0.05) is 5.41 Å². The first kappa shape index (κ1) is 34.3. The minimum Gasteiger partial charge on any atom is -0.0616 e. The predicted molar refractivity (Wildman–Crippen MR) is 263 cm³/mol. The fraction of sp³-hybridized carbons (Fsp3) is 0.0492. The Balaban J connectivity index is 0.988. The van der Waals surface area contributed by atoms with Gasteiger partial charge in [0.25, 0.3) is 0 Å². The van der Waals surface area contributed by atoms with Gasteiger partial charge in [0.2, 0.25) is 0 Å². The highest BCUT2D eigenvalue weighted by atomic mass is 14.4. The molecule has 0 radical (unpaired) electrons. The van der Waals surface area contributed by atoms with Crippen LogP contribution in [0.4, 0.5) is 0 Å². The highest BCUT2D eigenvalue weighted by Gasteiger charge is 2.38. The van der Waals surface area contributed by atoms with Crippen LogP contribution in [0.15, 0.2) is 206 Å². The molecule has 0 spiro atoms. The van der Waals surface area contributed by atoms with Crippen molar-refractivity contribution in [1.82, 2.24) is 0 Å². The Morgan fingerprint density at radius 3 is 1.41 bits per heavy atom. The molecule has 0 bridgehead atoms. The maximum atomic E-state index is 2.48. The van der Waals surface area contributed by atoms with E-state index in [1.807, 2.05) is 0 Å². The van der Waals surface area contributed by atoms with Gasteiger partial charge < -0.3 is 0 Å². The largest absolute Gasteiger partial charge is 0.0616 e. The van der Waals surface area contributed by atoms with E-state index >= 15 is 0 Å². The van der Waals surface area contributed by atoms with Crippen LogP contribution in [0.1, 0.15) is 25.0 Å². The molecule has 0 saturated carbocycles. The third-order valence-electron chi connectivity index (χ3n) is 13.9. The normalized spacial score (nSPS) is 13.2. The molecule has 0 fully saturated rings. The molecule has 0 heterocycles. The molecule has 1 aliphatic carbocycles. The molecule has 13 rings (SSSR count). The fourth-order valence-electron chi connectivity index (χ4n) is 11.3. The number of hydrogen-bond acceptors (Lipinski definition) is 0. The average Bonchev–Trinajstić information content (AvgIpc) is 3.55. The number of rotatable bonds is 3. The van der Waals surface area contributed by atoms with Gasteiger partial charge in [-0.15, -0.1) is 0 Å². The zero-order valence-electron chi connectivity index (χ0n) is 34.1. The van der Waals surface area contributed by atoms with Crippen LogP contribution in [0, 0.1) is 0 Å². The maximum Gasteiger partial charge on any atom is 0.0165 e. The molecule has 0 atom stereocenters. The van der Waals surface area contributed by atoms with Crippen LogP contribution in [0.25, 0.3) is 120 Å². The van der Waals surface area contributed by atoms with Gasteiger partial charge in [-0.25, -0.2) is 0 Å².